The van der Waals surface area contributed by atoms with Gasteiger partial charge < -0.3 is 8.83 Å². The van der Waals surface area contributed by atoms with Gasteiger partial charge in [0.2, 0.25) is 0 Å². The van der Waals surface area contributed by atoms with Crippen molar-refractivity contribution in [1.29, 1.82) is 0 Å². The summed E-state index contributed by atoms with van der Waals surface area (Å²) in [6, 6.07) is 45.8. The van der Waals surface area contributed by atoms with Crippen LogP contribution in [0.3, 0.4) is 0 Å². The third-order valence-corrected chi connectivity index (χ3v) is 10.1. The van der Waals surface area contributed by atoms with Gasteiger partial charge in [0, 0.05) is 30.9 Å². The average molecular weight is 567 g/mol. The SMILES string of the molecule is c1ccc2c(c1)oc1cc(-c3c4ccccc4c(-c4ccc5sc6ccccc6c5c4)c4ccccc34)c3ccoc3c12. The molecule has 0 saturated heterocycles. The highest BCUT2D eigenvalue weighted by molar-refractivity contribution is 7.25. The Balaban J connectivity index is 1.34. The first-order chi connectivity index (χ1) is 21.3. The van der Waals surface area contributed by atoms with Crippen molar-refractivity contribution >= 4 is 86.0 Å². The lowest BCUT2D eigenvalue weighted by molar-refractivity contribution is 0.618. The van der Waals surface area contributed by atoms with Crippen LogP contribution < -0.4 is 0 Å². The minimum atomic E-state index is 0.839. The summed E-state index contributed by atoms with van der Waals surface area (Å²) < 4.78 is 15.2. The average Bonchev–Trinajstić information content (AvgIpc) is 3.78. The minimum absolute atomic E-state index is 0.839. The Kier molecular flexibility index (Phi) is 4.63. The van der Waals surface area contributed by atoms with Gasteiger partial charge in [-0.1, -0.05) is 91.0 Å². The molecule has 10 aromatic rings. The summed E-state index contributed by atoms with van der Waals surface area (Å²) >= 11 is 1.86. The Morgan fingerprint density at radius 2 is 1.07 bits per heavy atom. The smallest absolute Gasteiger partial charge is 0.146 e. The van der Waals surface area contributed by atoms with Crippen molar-refractivity contribution in [3.63, 3.8) is 0 Å². The lowest BCUT2D eigenvalue weighted by Crippen LogP contribution is -1.91. The molecule has 0 aliphatic carbocycles. The lowest BCUT2D eigenvalue weighted by Gasteiger charge is -2.18. The van der Waals surface area contributed by atoms with Gasteiger partial charge in [-0.2, -0.15) is 0 Å². The van der Waals surface area contributed by atoms with Gasteiger partial charge in [0.05, 0.1) is 11.6 Å². The number of hydrogen-bond donors (Lipinski definition) is 0. The Bertz CT molecular complexity index is 2680. The molecule has 10 rings (SSSR count). The molecule has 0 amide bonds. The van der Waals surface area contributed by atoms with Gasteiger partial charge in [0.1, 0.15) is 16.7 Å². The summed E-state index contributed by atoms with van der Waals surface area (Å²) in [4.78, 5) is 0. The van der Waals surface area contributed by atoms with Crippen LogP contribution in [0.5, 0.6) is 0 Å². The van der Waals surface area contributed by atoms with Gasteiger partial charge in [0.15, 0.2) is 0 Å². The molecule has 2 nitrogen and oxygen atoms in total. The van der Waals surface area contributed by atoms with E-state index in [1.165, 1.54) is 58.4 Å². The Hall–Kier alpha value is -5.38. The van der Waals surface area contributed by atoms with Crippen LogP contribution in [0.1, 0.15) is 0 Å². The van der Waals surface area contributed by atoms with Crippen molar-refractivity contribution in [1.82, 2.24) is 0 Å². The molecule has 0 aliphatic rings. The molecule has 0 atom stereocenters. The van der Waals surface area contributed by atoms with Crippen molar-refractivity contribution in [3.8, 4) is 22.3 Å². The van der Waals surface area contributed by atoms with E-state index in [1.54, 1.807) is 6.26 Å². The topological polar surface area (TPSA) is 26.3 Å². The van der Waals surface area contributed by atoms with Gasteiger partial charge in [0.25, 0.3) is 0 Å². The van der Waals surface area contributed by atoms with E-state index in [1.807, 2.05) is 23.5 Å². The zero-order valence-electron chi connectivity index (χ0n) is 22.9. The second-order valence-electron chi connectivity index (χ2n) is 11.2. The van der Waals surface area contributed by atoms with Crippen LogP contribution in [-0.2, 0) is 0 Å². The van der Waals surface area contributed by atoms with E-state index in [0.717, 1.165) is 38.5 Å². The number of fused-ring (bicyclic) bond motifs is 10. The second kappa shape index (κ2) is 8.57. The van der Waals surface area contributed by atoms with E-state index in [2.05, 4.69) is 115 Å². The highest BCUT2D eigenvalue weighted by Gasteiger charge is 2.22. The summed E-state index contributed by atoms with van der Waals surface area (Å²) in [7, 11) is 0. The van der Waals surface area contributed by atoms with Crippen LogP contribution in [0.4, 0.5) is 0 Å². The van der Waals surface area contributed by atoms with E-state index < -0.39 is 0 Å². The molecule has 0 bridgehead atoms. The number of hydrogen-bond acceptors (Lipinski definition) is 3. The van der Waals surface area contributed by atoms with E-state index in [9.17, 15) is 0 Å². The predicted molar refractivity (Wildman–Crippen MR) is 182 cm³/mol. The normalized spacial score (nSPS) is 12.2. The molecule has 3 aromatic heterocycles. The second-order valence-corrected chi connectivity index (χ2v) is 12.3. The zero-order chi connectivity index (χ0) is 28.1. The summed E-state index contributed by atoms with van der Waals surface area (Å²) in [6.45, 7) is 0. The molecular weight excluding hydrogens is 545 g/mol. The maximum atomic E-state index is 6.42. The number of para-hydroxylation sites is 1. The molecule has 3 heteroatoms. The fourth-order valence-electron chi connectivity index (χ4n) is 7.14. The van der Waals surface area contributed by atoms with E-state index >= 15 is 0 Å². The number of rotatable bonds is 2. The molecule has 0 spiro atoms. The fraction of sp³-hybridized carbons (Fsp3) is 0. The highest BCUT2D eigenvalue weighted by Crippen LogP contribution is 2.48. The minimum Gasteiger partial charge on any atom is -0.464 e. The van der Waals surface area contributed by atoms with Gasteiger partial charge in [-0.05, 0) is 80.2 Å². The fourth-order valence-corrected chi connectivity index (χ4v) is 8.23. The predicted octanol–water partition coefficient (Wildman–Crippen LogP) is 12.3. The highest BCUT2D eigenvalue weighted by atomic mass is 32.1. The molecule has 0 N–H and O–H groups in total. The van der Waals surface area contributed by atoms with Gasteiger partial charge in [-0.3, -0.25) is 0 Å². The first-order valence-corrected chi connectivity index (χ1v) is 15.3. The van der Waals surface area contributed by atoms with Crippen molar-refractivity contribution in [3.05, 3.63) is 134 Å². The first kappa shape index (κ1) is 23.2. The van der Waals surface area contributed by atoms with Crippen LogP contribution in [0.15, 0.2) is 142 Å². The number of furan rings is 2. The first-order valence-electron chi connectivity index (χ1n) is 14.5. The Morgan fingerprint density at radius 3 is 1.84 bits per heavy atom. The van der Waals surface area contributed by atoms with E-state index in [0.29, 0.717) is 0 Å². The molecule has 0 saturated carbocycles. The molecule has 43 heavy (non-hydrogen) atoms. The quantitative estimate of drug-likeness (QED) is 0.195. The molecule has 0 radical (unpaired) electrons. The summed E-state index contributed by atoms with van der Waals surface area (Å²) in [6.07, 6.45) is 1.80. The molecule has 3 heterocycles. The number of benzene rings is 7. The summed E-state index contributed by atoms with van der Waals surface area (Å²) in [5.41, 5.74) is 7.39. The van der Waals surface area contributed by atoms with Crippen LogP contribution in [0.25, 0.3) is 96.9 Å². The van der Waals surface area contributed by atoms with Crippen molar-refractivity contribution in [2.24, 2.45) is 0 Å². The van der Waals surface area contributed by atoms with Crippen LogP contribution in [0.2, 0.25) is 0 Å². The molecular formula is C40H22O2S. The summed E-state index contributed by atoms with van der Waals surface area (Å²) in [5.74, 6) is 0. The molecule has 0 fully saturated rings. The summed E-state index contributed by atoms with van der Waals surface area (Å²) in [5, 5.41) is 10.7. The van der Waals surface area contributed by atoms with E-state index in [4.69, 9.17) is 8.83 Å². The van der Waals surface area contributed by atoms with Crippen molar-refractivity contribution in [2.45, 2.75) is 0 Å². The molecule has 7 aromatic carbocycles. The van der Waals surface area contributed by atoms with Gasteiger partial charge in [-0.15, -0.1) is 11.3 Å². The zero-order valence-corrected chi connectivity index (χ0v) is 23.7. The van der Waals surface area contributed by atoms with Gasteiger partial charge in [-0.25, -0.2) is 0 Å². The lowest BCUT2D eigenvalue weighted by atomic mass is 9.85. The Morgan fingerprint density at radius 1 is 0.442 bits per heavy atom. The van der Waals surface area contributed by atoms with Crippen molar-refractivity contribution < 1.29 is 8.83 Å². The number of thiophene rings is 1. The maximum absolute atomic E-state index is 6.42. The van der Waals surface area contributed by atoms with Gasteiger partial charge >= 0.3 is 0 Å². The van der Waals surface area contributed by atoms with Crippen LogP contribution in [-0.4, -0.2) is 0 Å². The Labute approximate surface area is 250 Å². The molecule has 0 aliphatic heterocycles. The van der Waals surface area contributed by atoms with Crippen molar-refractivity contribution in [2.75, 3.05) is 0 Å². The maximum Gasteiger partial charge on any atom is 0.146 e. The monoisotopic (exact) mass is 566 g/mol. The standard InChI is InChI=1S/C40H22O2S/c1-3-12-27-25(10-1)37(23-17-18-36-31(21-23)24-9-6-8-16-35(24)43-36)26-11-2-4-13-28(26)38(27)32-22-34-39(40-29(32)19-20-41-40)30-14-5-7-15-33(30)42-34/h1-22H. The molecule has 200 valence electrons. The third kappa shape index (κ3) is 3.17. The largest absolute Gasteiger partial charge is 0.464 e. The molecule has 0 unspecified atom stereocenters. The third-order valence-electron chi connectivity index (χ3n) is 8.95. The van der Waals surface area contributed by atoms with Crippen LogP contribution in [0, 0.1) is 0 Å². The van der Waals surface area contributed by atoms with E-state index in [-0.39, 0.29) is 0 Å². The van der Waals surface area contributed by atoms with Crippen LogP contribution >= 0.6 is 11.3 Å².